The van der Waals surface area contributed by atoms with Gasteiger partial charge in [0.15, 0.2) is 0 Å². The lowest BCUT2D eigenvalue weighted by atomic mass is 10.1. The lowest BCUT2D eigenvalue weighted by molar-refractivity contribution is 0.172. The predicted molar refractivity (Wildman–Crippen MR) is 80.7 cm³/mol. The average Bonchev–Trinajstić information content (AvgIpc) is 2.99. The summed E-state index contributed by atoms with van der Waals surface area (Å²) in [5.41, 5.74) is 1.29. The molecule has 0 fully saturated rings. The molecule has 108 valence electrons. The normalized spacial score (nSPS) is 12.6. The van der Waals surface area contributed by atoms with Crippen LogP contribution in [0.3, 0.4) is 0 Å². The van der Waals surface area contributed by atoms with Crippen molar-refractivity contribution in [1.82, 2.24) is 4.90 Å². The number of benzene rings is 1. The van der Waals surface area contributed by atoms with Gasteiger partial charge in [0, 0.05) is 12.6 Å². The van der Waals surface area contributed by atoms with Gasteiger partial charge < -0.3 is 9.15 Å². The maximum Gasteiger partial charge on any atom is 0.118 e. The van der Waals surface area contributed by atoms with Gasteiger partial charge in [-0.2, -0.15) is 0 Å². The van der Waals surface area contributed by atoms with Crippen molar-refractivity contribution in [1.29, 1.82) is 0 Å². The van der Waals surface area contributed by atoms with Crippen molar-refractivity contribution in [2.45, 2.75) is 39.4 Å². The second-order valence-electron chi connectivity index (χ2n) is 5.09. The molecule has 0 saturated heterocycles. The molecule has 0 aliphatic carbocycles. The molecule has 0 N–H and O–H groups in total. The smallest absolute Gasteiger partial charge is 0.118 e. The first-order chi connectivity index (χ1) is 9.72. The third-order valence-corrected chi connectivity index (χ3v) is 3.70. The fourth-order valence-corrected chi connectivity index (χ4v) is 2.19. The zero-order chi connectivity index (χ0) is 14.4. The number of nitrogens with zero attached hydrogens (tertiary/aromatic N) is 1. The molecule has 2 aromatic rings. The molecule has 20 heavy (non-hydrogen) atoms. The predicted octanol–water partition coefficient (Wildman–Crippen LogP) is 4.09. The Hall–Kier alpha value is -1.74. The van der Waals surface area contributed by atoms with Gasteiger partial charge in [0.05, 0.1) is 19.9 Å². The van der Waals surface area contributed by atoms with E-state index in [0.29, 0.717) is 6.04 Å². The molecule has 1 aromatic carbocycles. The Bertz CT molecular complexity index is 490. The second kappa shape index (κ2) is 7.15. The zero-order valence-corrected chi connectivity index (χ0v) is 12.5. The van der Waals surface area contributed by atoms with Gasteiger partial charge in [-0.3, -0.25) is 4.90 Å². The number of hydrogen-bond acceptors (Lipinski definition) is 3. The summed E-state index contributed by atoms with van der Waals surface area (Å²) in [5, 5.41) is 0. The van der Waals surface area contributed by atoms with Gasteiger partial charge in [0.25, 0.3) is 0 Å². The number of methoxy groups -OCH3 is 1. The molecule has 0 aliphatic rings. The van der Waals surface area contributed by atoms with Crippen LogP contribution < -0.4 is 4.74 Å². The highest BCUT2D eigenvalue weighted by molar-refractivity contribution is 5.27. The topological polar surface area (TPSA) is 25.6 Å². The van der Waals surface area contributed by atoms with E-state index in [1.807, 2.05) is 24.3 Å². The molecule has 0 radical (unpaired) electrons. The SMILES string of the molecule is CCC(C)N(Cc1ccc(OC)cc1)Cc1ccco1. The lowest BCUT2D eigenvalue weighted by Crippen LogP contribution is -2.31. The van der Waals surface area contributed by atoms with Crippen molar-refractivity contribution in [3.05, 3.63) is 54.0 Å². The van der Waals surface area contributed by atoms with Gasteiger partial charge in [-0.15, -0.1) is 0 Å². The van der Waals surface area contributed by atoms with Crippen LogP contribution in [-0.4, -0.2) is 18.1 Å². The fraction of sp³-hybridized carbons (Fsp3) is 0.412. The Morgan fingerprint density at radius 2 is 1.90 bits per heavy atom. The molecule has 3 nitrogen and oxygen atoms in total. The van der Waals surface area contributed by atoms with Crippen molar-refractivity contribution in [2.75, 3.05) is 7.11 Å². The average molecular weight is 273 g/mol. The Labute approximate surface area is 121 Å². The van der Waals surface area contributed by atoms with Gasteiger partial charge in [-0.25, -0.2) is 0 Å². The van der Waals surface area contributed by atoms with E-state index in [1.165, 1.54) is 5.56 Å². The third-order valence-electron chi connectivity index (χ3n) is 3.70. The van der Waals surface area contributed by atoms with Crippen LogP contribution in [0.2, 0.25) is 0 Å². The Morgan fingerprint density at radius 1 is 1.15 bits per heavy atom. The molecule has 0 spiro atoms. The molecular formula is C17H23NO2. The molecule has 1 atom stereocenters. The zero-order valence-electron chi connectivity index (χ0n) is 12.5. The number of hydrogen-bond donors (Lipinski definition) is 0. The minimum Gasteiger partial charge on any atom is -0.497 e. The number of ether oxygens (including phenoxy) is 1. The highest BCUT2D eigenvalue weighted by atomic mass is 16.5. The fourth-order valence-electron chi connectivity index (χ4n) is 2.19. The van der Waals surface area contributed by atoms with E-state index in [2.05, 4.69) is 30.9 Å². The van der Waals surface area contributed by atoms with Crippen LogP contribution in [0.5, 0.6) is 5.75 Å². The quantitative estimate of drug-likeness (QED) is 0.760. The summed E-state index contributed by atoms with van der Waals surface area (Å²) in [7, 11) is 1.69. The molecule has 1 unspecified atom stereocenters. The van der Waals surface area contributed by atoms with E-state index in [1.54, 1.807) is 13.4 Å². The van der Waals surface area contributed by atoms with Crippen molar-refractivity contribution in [3.8, 4) is 5.75 Å². The van der Waals surface area contributed by atoms with Crippen LogP contribution in [-0.2, 0) is 13.1 Å². The maximum atomic E-state index is 5.47. The summed E-state index contributed by atoms with van der Waals surface area (Å²) in [6.07, 6.45) is 2.86. The van der Waals surface area contributed by atoms with E-state index in [9.17, 15) is 0 Å². The van der Waals surface area contributed by atoms with Gasteiger partial charge >= 0.3 is 0 Å². The Morgan fingerprint density at radius 3 is 2.45 bits per heavy atom. The van der Waals surface area contributed by atoms with Gasteiger partial charge in [-0.05, 0) is 43.2 Å². The van der Waals surface area contributed by atoms with E-state index >= 15 is 0 Å². The lowest BCUT2D eigenvalue weighted by Gasteiger charge is -2.27. The first-order valence-corrected chi connectivity index (χ1v) is 7.12. The van der Waals surface area contributed by atoms with Crippen LogP contribution in [0.15, 0.2) is 47.1 Å². The molecule has 0 aliphatic heterocycles. The standard InChI is InChI=1S/C17H23NO2/c1-4-14(2)18(13-17-6-5-11-20-17)12-15-7-9-16(19-3)10-8-15/h5-11,14H,4,12-13H2,1-3H3. The summed E-state index contributed by atoms with van der Waals surface area (Å²) < 4.78 is 10.7. The van der Waals surface area contributed by atoms with Crippen molar-refractivity contribution in [3.63, 3.8) is 0 Å². The first-order valence-electron chi connectivity index (χ1n) is 7.12. The van der Waals surface area contributed by atoms with E-state index in [-0.39, 0.29) is 0 Å². The van der Waals surface area contributed by atoms with Crippen LogP contribution in [0.25, 0.3) is 0 Å². The van der Waals surface area contributed by atoms with Crippen LogP contribution in [0, 0.1) is 0 Å². The van der Waals surface area contributed by atoms with Crippen molar-refractivity contribution < 1.29 is 9.15 Å². The minimum absolute atomic E-state index is 0.516. The molecule has 0 saturated carbocycles. The number of rotatable bonds is 7. The second-order valence-corrected chi connectivity index (χ2v) is 5.09. The molecule has 1 heterocycles. The largest absolute Gasteiger partial charge is 0.497 e. The molecule has 0 amide bonds. The van der Waals surface area contributed by atoms with E-state index in [4.69, 9.17) is 9.15 Å². The highest BCUT2D eigenvalue weighted by Crippen LogP contribution is 2.17. The van der Waals surface area contributed by atoms with Gasteiger partial charge in [0.1, 0.15) is 11.5 Å². The van der Waals surface area contributed by atoms with E-state index < -0.39 is 0 Å². The summed E-state index contributed by atoms with van der Waals surface area (Å²) in [6.45, 7) is 6.23. The monoisotopic (exact) mass is 273 g/mol. The van der Waals surface area contributed by atoms with Gasteiger partial charge in [0.2, 0.25) is 0 Å². The highest BCUT2D eigenvalue weighted by Gasteiger charge is 2.14. The van der Waals surface area contributed by atoms with Crippen LogP contribution in [0.4, 0.5) is 0 Å². The summed E-state index contributed by atoms with van der Waals surface area (Å²) in [5.74, 6) is 1.91. The molecule has 3 heteroatoms. The molecular weight excluding hydrogens is 250 g/mol. The van der Waals surface area contributed by atoms with Crippen LogP contribution >= 0.6 is 0 Å². The number of furan rings is 1. The maximum absolute atomic E-state index is 5.47. The molecule has 1 aromatic heterocycles. The molecule has 2 rings (SSSR count). The summed E-state index contributed by atoms with van der Waals surface area (Å²) >= 11 is 0. The van der Waals surface area contributed by atoms with Crippen LogP contribution in [0.1, 0.15) is 31.6 Å². The Balaban J connectivity index is 2.06. The minimum atomic E-state index is 0.516. The first kappa shape index (κ1) is 14.7. The van der Waals surface area contributed by atoms with E-state index in [0.717, 1.165) is 31.0 Å². The summed E-state index contributed by atoms with van der Waals surface area (Å²) in [6, 6.07) is 12.8. The summed E-state index contributed by atoms with van der Waals surface area (Å²) in [4.78, 5) is 2.43. The third kappa shape index (κ3) is 3.87. The van der Waals surface area contributed by atoms with Crippen molar-refractivity contribution in [2.24, 2.45) is 0 Å². The Kier molecular flexibility index (Phi) is 5.24. The van der Waals surface area contributed by atoms with Crippen molar-refractivity contribution >= 4 is 0 Å². The molecule has 0 bridgehead atoms. The van der Waals surface area contributed by atoms with Gasteiger partial charge in [-0.1, -0.05) is 19.1 Å².